The van der Waals surface area contributed by atoms with E-state index in [2.05, 4.69) is 10.5 Å². The lowest BCUT2D eigenvalue weighted by atomic mass is 10.1. The van der Waals surface area contributed by atoms with Crippen LogP contribution in [0.3, 0.4) is 0 Å². The molecule has 0 aliphatic rings. The average Bonchev–Trinajstić information content (AvgIpc) is 2.21. The second-order valence-electron chi connectivity index (χ2n) is 2.83. The standard InChI is InChI=1S/C11H14N2O/c1-12-8-4-7-10-5-2-3-6-11(10)9-13-14/h2-7,9,12,14H,8H2,1H3. The Morgan fingerprint density at radius 1 is 1.36 bits per heavy atom. The first-order valence-corrected chi connectivity index (χ1v) is 4.46. The van der Waals surface area contributed by atoms with Gasteiger partial charge in [-0.25, -0.2) is 0 Å². The third-order valence-electron chi connectivity index (χ3n) is 1.81. The Balaban J connectivity index is 2.84. The maximum Gasteiger partial charge on any atom is 0.0739 e. The summed E-state index contributed by atoms with van der Waals surface area (Å²) in [5, 5.41) is 14.5. The van der Waals surface area contributed by atoms with Gasteiger partial charge in [0.1, 0.15) is 0 Å². The van der Waals surface area contributed by atoms with Crippen molar-refractivity contribution in [3.05, 3.63) is 41.5 Å². The quantitative estimate of drug-likeness (QED) is 0.431. The molecule has 1 aromatic carbocycles. The van der Waals surface area contributed by atoms with Crippen LogP contribution in [0.4, 0.5) is 0 Å². The summed E-state index contributed by atoms with van der Waals surface area (Å²) >= 11 is 0. The molecule has 1 rings (SSSR count). The maximum atomic E-state index is 8.45. The van der Waals surface area contributed by atoms with E-state index in [9.17, 15) is 0 Å². The van der Waals surface area contributed by atoms with E-state index in [4.69, 9.17) is 5.21 Å². The molecule has 0 radical (unpaired) electrons. The molecule has 0 unspecified atom stereocenters. The second kappa shape index (κ2) is 5.94. The van der Waals surface area contributed by atoms with Gasteiger partial charge >= 0.3 is 0 Å². The molecule has 0 heterocycles. The van der Waals surface area contributed by atoms with Gasteiger partial charge in [-0.1, -0.05) is 41.6 Å². The van der Waals surface area contributed by atoms with Crippen LogP contribution >= 0.6 is 0 Å². The number of likely N-dealkylation sites (N-methyl/N-ethyl adjacent to an activating group) is 1. The summed E-state index contributed by atoms with van der Waals surface area (Å²) in [5.74, 6) is 0. The van der Waals surface area contributed by atoms with Crippen molar-refractivity contribution in [2.45, 2.75) is 0 Å². The molecule has 0 amide bonds. The number of nitrogens with one attached hydrogen (secondary N) is 1. The van der Waals surface area contributed by atoms with Crippen LogP contribution in [0.15, 0.2) is 35.5 Å². The third kappa shape index (κ3) is 3.03. The van der Waals surface area contributed by atoms with Crippen LogP contribution in [0.25, 0.3) is 6.08 Å². The predicted molar refractivity (Wildman–Crippen MR) is 58.8 cm³/mol. The Morgan fingerprint density at radius 2 is 2.07 bits per heavy atom. The van der Waals surface area contributed by atoms with Gasteiger partial charge in [0.15, 0.2) is 0 Å². The van der Waals surface area contributed by atoms with Gasteiger partial charge in [-0.15, -0.1) is 0 Å². The highest BCUT2D eigenvalue weighted by Crippen LogP contribution is 2.07. The molecule has 0 spiro atoms. The summed E-state index contributed by atoms with van der Waals surface area (Å²) in [7, 11) is 1.89. The largest absolute Gasteiger partial charge is 0.411 e. The minimum atomic E-state index is 0.824. The summed E-state index contributed by atoms with van der Waals surface area (Å²) in [6.45, 7) is 0.824. The van der Waals surface area contributed by atoms with Crippen molar-refractivity contribution in [2.24, 2.45) is 5.16 Å². The molecule has 3 nitrogen and oxygen atoms in total. The second-order valence-corrected chi connectivity index (χ2v) is 2.83. The number of oxime groups is 1. The monoisotopic (exact) mass is 190 g/mol. The van der Waals surface area contributed by atoms with Gasteiger partial charge in [-0.3, -0.25) is 0 Å². The molecule has 0 aromatic heterocycles. The van der Waals surface area contributed by atoms with Crippen molar-refractivity contribution < 1.29 is 5.21 Å². The summed E-state index contributed by atoms with van der Waals surface area (Å²) in [6.07, 6.45) is 5.44. The van der Waals surface area contributed by atoms with Crippen LogP contribution < -0.4 is 5.32 Å². The molecule has 0 atom stereocenters. The van der Waals surface area contributed by atoms with Crippen LogP contribution in [0.2, 0.25) is 0 Å². The molecule has 0 saturated heterocycles. The van der Waals surface area contributed by atoms with Crippen molar-refractivity contribution in [1.29, 1.82) is 0 Å². The van der Waals surface area contributed by atoms with Crippen molar-refractivity contribution >= 4 is 12.3 Å². The summed E-state index contributed by atoms with van der Waals surface area (Å²) in [5.41, 5.74) is 1.95. The van der Waals surface area contributed by atoms with Crippen molar-refractivity contribution in [2.75, 3.05) is 13.6 Å². The zero-order valence-corrected chi connectivity index (χ0v) is 8.14. The Bertz CT molecular complexity index is 332. The molecule has 14 heavy (non-hydrogen) atoms. The Kier molecular flexibility index (Phi) is 4.44. The van der Waals surface area contributed by atoms with Gasteiger partial charge in [-0.05, 0) is 12.6 Å². The average molecular weight is 190 g/mol. The molecular weight excluding hydrogens is 176 g/mol. The van der Waals surface area contributed by atoms with Gasteiger partial charge < -0.3 is 10.5 Å². The molecule has 1 aromatic rings. The first kappa shape index (κ1) is 10.5. The maximum absolute atomic E-state index is 8.45. The number of hydrogen-bond acceptors (Lipinski definition) is 3. The van der Waals surface area contributed by atoms with Gasteiger partial charge in [0, 0.05) is 12.1 Å². The number of nitrogens with zero attached hydrogens (tertiary/aromatic N) is 1. The van der Waals surface area contributed by atoms with Crippen LogP contribution in [-0.4, -0.2) is 25.0 Å². The van der Waals surface area contributed by atoms with Gasteiger partial charge in [0.2, 0.25) is 0 Å². The summed E-state index contributed by atoms with van der Waals surface area (Å²) in [6, 6.07) is 7.74. The van der Waals surface area contributed by atoms with Gasteiger partial charge in [0.25, 0.3) is 0 Å². The highest BCUT2D eigenvalue weighted by atomic mass is 16.4. The van der Waals surface area contributed by atoms with E-state index in [0.29, 0.717) is 0 Å². The highest BCUT2D eigenvalue weighted by Gasteiger charge is 1.93. The van der Waals surface area contributed by atoms with Crippen LogP contribution in [0.1, 0.15) is 11.1 Å². The molecule has 0 saturated carbocycles. The summed E-state index contributed by atoms with van der Waals surface area (Å²) in [4.78, 5) is 0. The Morgan fingerprint density at radius 3 is 2.71 bits per heavy atom. The van der Waals surface area contributed by atoms with Crippen LogP contribution in [0, 0.1) is 0 Å². The molecule has 0 bridgehead atoms. The fraction of sp³-hybridized carbons (Fsp3) is 0.182. The topological polar surface area (TPSA) is 44.6 Å². The van der Waals surface area contributed by atoms with E-state index >= 15 is 0 Å². The van der Waals surface area contributed by atoms with E-state index < -0.39 is 0 Å². The van der Waals surface area contributed by atoms with E-state index in [1.807, 2.05) is 43.5 Å². The van der Waals surface area contributed by atoms with E-state index in [0.717, 1.165) is 17.7 Å². The fourth-order valence-corrected chi connectivity index (χ4v) is 1.15. The Labute approximate surface area is 83.8 Å². The summed E-state index contributed by atoms with van der Waals surface area (Å²) < 4.78 is 0. The zero-order chi connectivity index (χ0) is 10.2. The fourth-order valence-electron chi connectivity index (χ4n) is 1.15. The van der Waals surface area contributed by atoms with E-state index in [1.165, 1.54) is 6.21 Å². The lowest BCUT2D eigenvalue weighted by Gasteiger charge is -1.98. The smallest absolute Gasteiger partial charge is 0.0739 e. The SMILES string of the molecule is CNCC=Cc1ccccc1C=NO. The van der Waals surface area contributed by atoms with Gasteiger partial charge in [-0.2, -0.15) is 0 Å². The molecule has 3 heteroatoms. The first-order valence-electron chi connectivity index (χ1n) is 4.46. The molecular formula is C11H14N2O. The first-order chi connectivity index (χ1) is 6.88. The number of benzene rings is 1. The minimum Gasteiger partial charge on any atom is -0.411 e. The van der Waals surface area contributed by atoms with Crippen molar-refractivity contribution in [3.8, 4) is 0 Å². The van der Waals surface area contributed by atoms with E-state index in [1.54, 1.807) is 0 Å². The third-order valence-corrected chi connectivity index (χ3v) is 1.81. The predicted octanol–water partition coefficient (Wildman–Crippen LogP) is 1.73. The van der Waals surface area contributed by atoms with Crippen LogP contribution in [-0.2, 0) is 0 Å². The van der Waals surface area contributed by atoms with Crippen molar-refractivity contribution in [1.82, 2.24) is 5.32 Å². The number of hydrogen-bond donors (Lipinski definition) is 2. The molecule has 0 aliphatic carbocycles. The lowest BCUT2D eigenvalue weighted by Crippen LogP contribution is -2.03. The van der Waals surface area contributed by atoms with E-state index in [-0.39, 0.29) is 0 Å². The van der Waals surface area contributed by atoms with Crippen LogP contribution in [0.5, 0.6) is 0 Å². The normalized spacial score (nSPS) is 11.5. The minimum absolute atomic E-state index is 0.824. The molecule has 0 aliphatic heterocycles. The number of rotatable bonds is 4. The molecule has 74 valence electrons. The molecule has 0 fully saturated rings. The zero-order valence-electron chi connectivity index (χ0n) is 8.14. The van der Waals surface area contributed by atoms with Crippen molar-refractivity contribution in [3.63, 3.8) is 0 Å². The molecule has 2 N–H and O–H groups in total. The lowest BCUT2D eigenvalue weighted by molar-refractivity contribution is 0.322. The highest BCUT2D eigenvalue weighted by molar-refractivity contribution is 5.84. The van der Waals surface area contributed by atoms with Gasteiger partial charge in [0.05, 0.1) is 6.21 Å². The Hall–Kier alpha value is -1.61.